The van der Waals surface area contributed by atoms with Crippen LogP contribution >= 0.6 is 11.6 Å². The highest BCUT2D eigenvalue weighted by Crippen LogP contribution is 2.06. The normalized spacial score (nSPS) is 11.5. The molecule has 0 aliphatic rings. The summed E-state index contributed by atoms with van der Waals surface area (Å²) in [6.45, 7) is 0. The number of sulfonamides is 1. The maximum absolute atomic E-state index is 11.2. The Balaban J connectivity index is 2.75. The van der Waals surface area contributed by atoms with Crippen LogP contribution in [0.3, 0.4) is 0 Å². The van der Waals surface area contributed by atoms with Crippen molar-refractivity contribution in [2.45, 2.75) is 0 Å². The third kappa shape index (κ3) is 2.89. The molecule has 1 aromatic rings. The van der Waals surface area contributed by atoms with Gasteiger partial charge < -0.3 is 0 Å². The van der Waals surface area contributed by atoms with Crippen LogP contribution in [0.15, 0.2) is 12.3 Å². The Morgan fingerprint density at radius 1 is 1.69 bits per heavy atom. The van der Waals surface area contributed by atoms with E-state index in [2.05, 4.69) is 9.82 Å². The number of nitrogens with one attached hydrogen (secondary N) is 1. The molecule has 1 heterocycles. The first-order chi connectivity index (χ1) is 6.05. The van der Waals surface area contributed by atoms with Crippen molar-refractivity contribution in [2.24, 2.45) is 7.05 Å². The van der Waals surface area contributed by atoms with Crippen molar-refractivity contribution in [3.05, 3.63) is 12.3 Å². The zero-order chi connectivity index (χ0) is 9.90. The summed E-state index contributed by atoms with van der Waals surface area (Å²) >= 11 is 5.32. The van der Waals surface area contributed by atoms with Crippen molar-refractivity contribution in [1.29, 1.82) is 0 Å². The standard InChI is InChI=1S/C6H10ClN3O2S/c1-10-6(2-4-8-10)9-13(11,12)5-3-7/h2,4,9H,3,5H2,1H3. The Morgan fingerprint density at radius 2 is 2.38 bits per heavy atom. The molecule has 0 atom stereocenters. The average molecular weight is 224 g/mol. The number of halogens is 1. The van der Waals surface area contributed by atoms with Crippen molar-refractivity contribution in [1.82, 2.24) is 9.78 Å². The molecule has 0 fully saturated rings. The van der Waals surface area contributed by atoms with E-state index in [0.717, 1.165) is 0 Å². The van der Waals surface area contributed by atoms with Crippen molar-refractivity contribution < 1.29 is 8.42 Å². The molecule has 5 nitrogen and oxygen atoms in total. The van der Waals surface area contributed by atoms with Gasteiger partial charge in [0.2, 0.25) is 10.0 Å². The van der Waals surface area contributed by atoms with Gasteiger partial charge in [0.25, 0.3) is 0 Å². The average Bonchev–Trinajstić information content (AvgIpc) is 2.35. The zero-order valence-corrected chi connectivity index (χ0v) is 8.64. The Morgan fingerprint density at radius 3 is 2.85 bits per heavy atom. The first kappa shape index (κ1) is 10.3. The summed E-state index contributed by atoms with van der Waals surface area (Å²) in [6, 6.07) is 1.58. The van der Waals surface area contributed by atoms with Gasteiger partial charge in [-0.15, -0.1) is 11.6 Å². The van der Waals surface area contributed by atoms with Crippen LogP contribution in [-0.2, 0) is 17.1 Å². The van der Waals surface area contributed by atoms with E-state index in [1.54, 1.807) is 13.1 Å². The summed E-state index contributed by atoms with van der Waals surface area (Å²) in [6.07, 6.45) is 1.51. The van der Waals surface area contributed by atoms with Crippen LogP contribution in [0.4, 0.5) is 5.82 Å². The highest BCUT2D eigenvalue weighted by molar-refractivity contribution is 7.92. The Kier molecular flexibility index (Phi) is 3.16. The topological polar surface area (TPSA) is 64.0 Å². The lowest BCUT2D eigenvalue weighted by molar-refractivity contribution is 0.601. The zero-order valence-electron chi connectivity index (χ0n) is 7.07. The van der Waals surface area contributed by atoms with Crippen molar-refractivity contribution in [3.63, 3.8) is 0 Å². The lowest BCUT2D eigenvalue weighted by Gasteiger charge is -2.05. The Labute approximate surface area is 81.7 Å². The molecule has 13 heavy (non-hydrogen) atoms. The minimum absolute atomic E-state index is 0.0766. The summed E-state index contributed by atoms with van der Waals surface area (Å²) in [5.41, 5.74) is 0. The quantitative estimate of drug-likeness (QED) is 0.752. The number of rotatable bonds is 4. The van der Waals surface area contributed by atoms with Gasteiger partial charge in [0, 0.05) is 19.0 Å². The van der Waals surface area contributed by atoms with Gasteiger partial charge in [-0.05, 0) is 0 Å². The molecule has 1 aromatic heterocycles. The molecule has 0 saturated carbocycles. The molecular weight excluding hydrogens is 214 g/mol. The molecule has 0 amide bonds. The molecule has 1 rings (SSSR count). The van der Waals surface area contributed by atoms with Gasteiger partial charge >= 0.3 is 0 Å². The highest BCUT2D eigenvalue weighted by Gasteiger charge is 2.10. The van der Waals surface area contributed by atoms with Crippen molar-refractivity contribution >= 4 is 27.4 Å². The minimum Gasteiger partial charge on any atom is -0.268 e. The van der Waals surface area contributed by atoms with Crippen LogP contribution in [-0.4, -0.2) is 29.8 Å². The van der Waals surface area contributed by atoms with E-state index in [1.807, 2.05) is 0 Å². The van der Waals surface area contributed by atoms with Gasteiger partial charge in [0.1, 0.15) is 5.82 Å². The van der Waals surface area contributed by atoms with Crippen molar-refractivity contribution in [3.8, 4) is 0 Å². The predicted octanol–water partition coefficient (Wildman–Crippen LogP) is 0.401. The molecule has 0 aliphatic carbocycles. The van der Waals surface area contributed by atoms with Crippen molar-refractivity contribution in [2.75, 3.05) is 16.4 Å². The van der Waals surface area contributed by atoms with Crippen LogP contribution in [0.2, 0.25) is 0 Å². The fraction of sp³-hybridized carbons (Fsp3) is 0.500. The monoisotopic (exact) mass is 223 g/mol. The molecule has 0 saturated heterocycles. The van der Waals surface area contributed by atoms with E-state index in [4.69, 9.17) is 11.6 Å². The second-order valence-electron chi connectivity index (χ2n) is 2.45. The Hall–Kier alpha value is -0.750. The minimum atomic E-state index is -3.32. The van der Waals surface area contributed by atoms with Gasteiger partial charge in [-0.1, -0.05) is 0 Å². The van der Waals surface area contributed by atoms with E-state index in [1.165, 1.54) is 10.9 Å². The molecule has 0 radical (unpaired) electrons. The van der Waals surface area contributed by atoms with Crippen LogP contribution < -0.4 is 4.72 Å². The molecule has 7 heteroatoms. The summed E-state index contributed by atoms with van der Waals surface area (Å²) in [7, 11) is -1.67. The maximum Gasteiger partial charge on any atom is 0.235 e. The molecule has 0 aromatic carbocycles. The van der Waals surface area contributed by atoms with E-state index >= 15 is 0 Å². The molecule has 1 N–H and O–H groups in total. The van der Waals surface area contributed by atoms with Gasteiger partial charge in [-0.25, -0.2) is 8.42 Å². The second-order valence-corrected chi connectivity index (χ2v) is 4.67. The van der Waals surface area contributed by atoms with Crippen LogP contribution in [0.25, 0.3) is 0 Å². The largest absolute Gasteiger partial charge is 0.268 e. The number of alkyl halides is 1. The summed E-state index contributed by atoms with van der Waals surface area (Å²) in [4.78, 5) is 0. The number of nitrogens with zero attached hydrogens (tertiary/aromatic N) is 2. The summed E-state index contributed by atoms with van der Waals surface area (Å²) in [5.74, 6) is 0.414. The lowest BCUT2D eigenvalue weighted by atomic mass is 10.7. The van der Waals surface area contributed by atoms with Crippen LogP contribution in [0.1, 0.15) is 0 Å². The summed E-state index contributed by atoms with van der Waals surface area (Å²) < 4.78 is 26.2. The third-order valence-electron chi connectivity index (χ3n) is 1.43. The second kappa shape index (κ2) is 3.97. The fourth-order valence-corrected chi connectivity index (χ4v) is 2.22. The van der Waals surface area contributed by atoms with E-state index in [0.29, 0.717) is 5.82 Å². The first-order valence-electron chi connectivity index (χ1n) is 3.59. The van der Waals surface area contributed by atoms with Crippen LogP contribution in [0, 0.1) is 0 Å². The van der Waals surface area contributed by atoms with E-state index in [9.17, 15) is 8.42 Å². The van der Waals surface area contributed by atoms with Gasteiger partial charge in [-0.3, -0.25) is 9.40 Å². The fourth-order valence-electron chi connectivity index (χ4n) is 0.786. The predicted molar refractivity (Wildman–Crippen MR) is 51.3 cm³/mol. The SMILES string of the molecule is Cn1nccc1NS(=O)(=O)CCCl. The lowest BCUT2D eigenvalue weighted by Crippen LogP contribution is -2.19. The number of hydrogen-bond donors (Lipinski definition) is 1. The number of aromatic nitrogens is 2. The molecule has 0 aliphatic heterocycles. The summed E-state index contributed by atoms with van der Waals surface area (Å²) in [5, 5.41) is 3.82. The van der Waals surface area contributed by atoms with Crippen LogP contribution in [0.5, 0.6) is 0 Å². The molecule has 0 unspecified atom stereocenters. The number of hydrogen-bond acceptors (Lipinski definition) is 3. The smallest absolute Gasteiger partial charge is 0.235 e. The molecule has 74 valence electrons. The third-order valence-corrected chi connectivity index (χ3v) is 3.10. The molecule has 0 bridgehead atoms. The first-order valence-corrected chi connectivity index (χ1v) is 5.78. The highest BCUT2D eigenvalue weighted by atomic mass is 35.5. The maximum atomic E-state index is 11.2. The molecule has 0 spiro atoms. The van der Waals surface area contributed by atoms with Gasteiger partial charge in [-0.2, -0.15) is 5.10 Å². The van der Waals surface area contributed by atoms with E-state index < -0.39 is 10.0 Å². The van der Waals surface area contributed by atoms with Gasteiger partial charge in [0.15, 0.2) is 0 Å². The Bertz CT molecular complexity index is 373. The molecular formula is C6H10ClN3O2S. The van der Waals surface area contributed by atoms with E-state index in [-0.39, 0.29) is 11.6 Å². The van der Waals surface area contributed by atoms with Gasteiger partial charge in [0.05, 0.1) is 11.9 Å². The number of aryl methyl sites for hydroxylation is 1. The number of anilines is 1.